The minimum atomic E-state index is 0.474. The van der Waals surface area contributed by atoms with Crippen molar-refractivity contribution < 1.29 is 0 Å². The predicted molar refractivity (Wildman–Crippen MR) is 84.7 cm³/mol. The van der Waals surface area contributed by atoms with E-state index in [2.05, 4.69) is 59.3 Å². The van der Waals surface area contributed by atoms with E-state index in [1.54, 1.807) is 0 Å². The van der Waals surface area contributed by atoms with E-state index in [9.17, 15) is 5.26 Å². The molecular formula is C14H19BrN2S. The summed E-state index contributed by atoms with van der Waals surface area (Å²) in [6.45, 7) is 2.19. The first-order valence-corrected chi connectivity index (χ1v) is 8.50. The molecule has 0 aliphatic carbocycles. The van der Waals surface area contributed by atoms with Crippen molar-refractivity contribution in [2.24, 2.45) is 0 Å². The number of anilines is 1. The highest BCUT2D eigenvalue weighted by Crippen LogP contribution is 2.25. The number of hydrogen-bond acceptors (Lipinski definition) is 3. The molecule has 1 aromatic carbocycles. The number of nitrogens with zero attached hydrogens (tertiary/aromatic N) is 2. The lowest BCUT2D eigenvalue weighted by Crippen LogP contribution is -2.33. The molecule has 1 unspecified atom stereocenters. The lowest BCUT2D eigenvalue weighted by molar-refractivity contribution is 0.672. The van der Waals surface area contributed by atoms with Gasteiger partial charge in [0.05, 0.1) is 11.3 Å². The topological polar surface area (TPSA) is 27.0 Å². The standard InChI is InChI=1S/C14H19BrN2S/c1-4-13(10-18-3)17(2)14-6-5-11(8-15)7-12(14)9-16/h5-7,13H,4,8,10H2,1-3H3. The van der Waals surface area contributed by atoms with Crippen molar-refractivity contribution in [1.29, 1.82) is 5.26 Å². The van der Waals surface area contributed by atoms with Gasteiger partial charge in [-0.1, -0.05) is 28.9 Å². The van der Waals surface area contributed by atoms with Gasteiger partial charge in [-0.05, 0) is 30.4 Å². The zero-order valence-electron chi connectivity index (χ0n) is 11.1. The van der Waals surface area contributed by atoms with E-state index in [1.165, 1.54) is 0 Å². The summed E-state index contributed by atoms with van der Waals surface area (Å²) in [6.07, 6.45) is 3.21. The average molecular weight is 327 g/mol. The van der Waals surface area contributed by atoms with Crippen LogP contribution in [-0.4, -0.2) is 25.1 Å². The molecule has 0 aliphatic rings. The predicted octanol–water partition coefficient (Wildman–Crippen LogP) is 4.03. The van der Waals surface area contributed by atoms with Gasteiger partial charge in [0.25, 0.3) is 0 Å². The summed E-state index contributed by atoms with van der Waals surface area (Å²) in [6, 6.07) is 8.87. The molecule has 0 aromatic heterocycles. The van der Waals surface area contributed by atoms with Gasteiger partial charge >= 0.3 is 0 Å². The Morgan fingerprint density at radius 1 is 1.50 bits per heavy atom. The fraction of sp³-hybridized carbons (Fsp3) is 0.500. The Morgan fingerprint density at radius 3 is 2.72 bits per heavy atom. The Morgan fingerprint density at radius 2 is 2.22 bits per heavy atom. The Balaban J connectivity index is 3.04. The highest BCUT2D eigenvalue weighted by Gasteiger charge is 2.16. The van der Waals surface area contributed by atoms with Gasteiger partial charge in [0, 0.05) is 24.2 Å². The maximum atomic E-state index is 9.27. The van der Waals surface area contributed by atoms with E-state index in [0.717, 1.165) is 34.3 Å². The largest absolute Gasteiger partial charge is 0.370 e. The highest BCUT2D eigenvalue weighted by atomic mass is 79.9. The fourth-order valence-corrected chi connectivity index (χ4v) is 3.15. The van der Waals surface area contributed by atoms with E-state index >= 15 is 0 Å². The van der Waals surface area contributed by atoms with Crippen molar-refractivity contribution in [1.82, 2.24) is 0 Å². The zero-order chi connectivity index (χ0) is 13.5. The molecule has 0 saturated carbocycles. The summed E-state index contributed by atoms with van der Waals surface area (Å²) in [7, 11) is 2.08. The summed E-state index contributed by atoms with van der Waals surface area (Å²) in [5.41, 5.74) is 2.93. The van der Waals surface area contributed by atoms with Gasteiger partial charge in [-0.15, -0.1) is 0 Å². The van der Waals surface area contributed by atoms with Gasteiger partial charge in [0.2, 0.25) is 0 Å². The number of nitriles is 1. The quantitative estimate of drug-likeness (QED) is 0.738. The molecule has 0 bridgehead atoms. The zero-order valence-corrected chi connectivity index (χ0v) is 13.5. The van der Waals surface area contributed by atoms with Crippen LogP contribution in [0.5, 0.6) is 0 Å². The first-order chi connectivity index (χ1) is 8.67. The molecule has 0 aliphatic heterocycles. The normalized spacial score (nSPS) is 11.9. The Kier molecular flexibility index (Phi) is 6.59. The van der Waals surface area contributed by atoms with Crippen LogP contribution in [-0.2, 0) is 5.33 Å². The lowest BCUT2D eigenvalue weighted by Gasteiger charge is -2.29. The van der Waals surface area contributed by atoms with E-state index < -0.39 is 0 Å². The molecule has 18 heavy (non-hydrogen) atoms. The first kappa shape index (κ1) is 15.4. The molecule has 0 N–H and O–H groups in total. The Bertz CT molecular complexity index is 428. The molecule has 0 spiro atoms. The van der Waals surface area contributed by atoms with E-state index in [4.69, 9.17) is 0 Å². The van der Waals surface area contributed by atoms with E-state index in [-0.39, 0.29) is 0 Å². The van der Waals surface area contributed by atoms with Crippen LogP contribution in [0.1, 0.15) is 24.5 Å². The summed E-state index contributed by atoms with van der Waals surface area (Å²) in [4.78, 5) is 2.23. The van der Waals surface area contributed by atoms with Crippen LogP contribution < -0.4 is 4.90 Å². The second kappa shape index (κ2) is 7.70. The van der Waals surface area contributed by atoms with Gasteiger partial charge in [0.1, 0.15) is 6.07 Å². The van der Waals surface area contributed by atoms with Crippen molar-refractivity contribution >= 4 is 33.4 Å². The SMILES string of the molecule is CCC(CSC)N(C)c1ccc(CBr)cc1C#N. The van der Waals surface area contributed by atoms with E-state index in [1.807, 2.05) is 17.8 Å². The second-order valence-electron chi connectivity index (χ2n) is 4.23. The van der Waals surface area contributed by atoms with Crippen molar-refractivity contribution in [3.63, 3.8) is 0 Å². The van der Waals surface area contributed by atoms with Gasteiger partial charge in [-0.2, -0.15) is 17.0 Å². The Labute approximate surface area is 122 Å². The molecule has 1 rings (SSSR count). The number of hydrogen-bond donors (Lipinski definition) is 0. The van der Waals surface area contributed by atoms with Crippen LogP contribution in [0, 0.1) is 11.3 Å². The molecule has 0 radical (unpaired) electrons. The second-order valence-corrected chi connectivity index (χ2v) is 5.70. The molecule has 0 heterocycles. The van der Waals surface area contributed by atoms with Crippen molar-refractivity contribution in [3.05, 3.63) is 29.3 Å². The van der Waals surface area contributed by atoms with E-state index in [0.29, 0.717) is 6.04 Å². The molecule has 1 aromatic rings. The molecule has 98 valence electrons. The molecule has 0 saturated heterocycles. The smallest absolute Gasteiger partial charge is 0.101 e. The van der Waals surface area contributed by atoms with Crippen LogP contribution >= 0.6 is 27.7 Å². The minimum absolute atomic E-state index is 0.474. The maximum absolute atomic E-state index is 9.27. The first-order valence-electron chi connectivity index (χ1n) is 5.98. The molecule has 0 amide bonds. The minimum Gasteiger partial charge on any atom is -0.370 e. The van der Waals surface area contributed by atoms with Crippen LogP contribution in [0.2, 0.25) is 0 Å². The van der Waals surface area contributed by atoms with Crippen LogP contribution in [0.4, 0.5) is 5.69 Å². The van der Waals surface area contributed by atoms with Gasteiger partial charge in [-0.3, -0.25) is 0 Å². The summed E-state index contributed by atoms with van der Waals surface area (Å²) in [5.74, 6) is 1.08. The van der Waals surface area contributed by atoms with Gasteiger partial charge in [-0.25, -0.2) is 0 Å². The average Bonchev–Trinajstić information content (AvgIpc) is 2.43. The summed E-state index contributed by atoms with van der Waals surface area (Å²) >= 11 is 5.27. The lowest BCUT2D eigenvalue weighted by atomic mass is 10.1. The number of rotatable bonds is 6. The molecular weight excluding hydrogens is 308 g/mol. The maximum Gasteiger partial charge on any atom is 0.101 e. The number of benzene rings is 1. The van der Waals surface area contributed by atoms with Crippen molar-refractivity contribution in [2.75, 3.05) is 24.0 Å². The number of thioether (sulfide) groups is 1. The molecule has 4 heteroatoms. The van der Waals surface area contributed by atoms with Crippen LogP contribution in [0.3, 0.4) is 0 Å². The Hall–Kier alpha value is -0.660. The van der Waals surface area contributed by atoms with Crippen molar-refractivity contribution in [3.8, 4) is 6.07 Å². The third kappa shape index (κ3) is 3.66. The van der Waals surface area contributed by atoms with Crippen molar-refractivity contribution in [2.45, 2.75) is 24.7 Å². The van der Waals surface area contributed by atoms with Crippen LogP contribution in [0.25, 0.3) is 0 Å². The third-order valence-corrected chi connectivity index (χ3v) is 4.46. The summed E-state index contributed by atoms with van der Waals surface area (Å²) in [5, 5.41) is 10.1. The molecule has 1 atom stereocenters. The summed E-state index contributed by atoms with van der Waals surface area (Å²) < 4.78 is 0. The number of alkyl halides is 1. The van der Waals surface area contributed by atoms with Gasteiger partial charge in [0.15, 0.2) is 0 Å². The highest BCUT2D eigenvalue weighted by molar-refractivity contribution is 9.08. The van der Waals surface area contributed by atoms with Gasteiger partial charge < -0.3 is 4.90 Å². The monoisotopic (exact) mass is 326 g/mol. The molecule has 2 nitrogen and oxygen atoms in total. The third-order valence-electron chi connectivity index (χ3n) is 3.09. The number of halogens is 1. The molecule has 0 fully saturated rings. The fourth-order valence-electron chi connectivity index (χ4n) is 1.96. The van der Waals surface area contributed by atoms with Crippen LogP contribution in [0.15, 0.2) is 18.2 Å².